The van der Waals surface area contributed by atoms with E-state index in [1.165, 1.54) is 4.90 Å². The van der Waals surface area contributed by atoms with Gasteiger partial charge in [-0.1, -0.05) is 18.2 Å². The minimum Gasteiger partial charge on any atom is -0.308 e. The van der Waals surface area contributed by atoms with Crippen molar-refractivity contribution < 1.29 is 31.1 Å². The molecule has 1 aliphatic rings. The van der Waals surface area contributed by atoms with Crippen molar-refractivity contribution in [2.24, 2.45) is 0 Å². The molecule has 0 saturated carbocycles. The number of amides is 2. The third-order valence-corrected chi connectivity index (χ3v) is 3.97. The van der Waals surface area contributed by atoms with Gasteiger partial charge in [0.25, 0.3) is 0 Å². The number of carbonyl (C=O) groups is 1. The molecular formula is C17H12F6N2O. The number of benzene rings is 2. The lowest BCUT2D eigenvalue weighted by atomic mass is 10.1. The van der Waals surface area contributed by atoms with E-state index in [2.05, 4.69) is 5.32 Å². The summed E-state index contributed by atoms with van der Waals surface area (Å²) in [6.45, 7) is 0.288. The zero-order chi connectivity index (χ0) is 19.1. The SMILES string of the molecule is O=C(Nc1cc(C(F)(F)F)cc(C(F)(F)F)c1)N1CCc2ccccc21. The molecule has 1 N–H and O–H groups in total. The zero-order valence-electron chi connectivity index (χ0n) is 13.1. The highest BCUT2D eigenvalue weighted by Gasteiger charge is 2.37. The van der Waals surface area contributed by atoms with Crippen LogP contribution in [-0.2, 0) is 18.8 Å². The quantitative estimate of drug-likeness (QED) is 0.674. The van der Waals surface area contributed by atoms with Crippen molar-refractivity contribution in [1.82, 2.24) is 0 Å². The largest absolute Gasteiger partial charge is 0.416 e. The predicted octanol–water partition coefficient (Wildman–Crippen LogP) is 5.32. The Morgan fingerprint density at radius 3 is 2.08 bits per heavy atom. The summed E-state index contributed by atoms with van der Waals surface area (Å²) in [5.41, 5.74) is -2.08. The Morgan fingerprint density at radius 1 is 0.923 bits per heavy atom. The highest BCUT2D eigenvalue weighted by Crippen LogP contribution is 2.38. The lowest BCUT2D eigenvalue weighted by Crippen LogP contribution is -2.33. The normalized spacial score (nSPS) is 14.3. The van der Waals surface area contributed by atoms with Crippen LogP contribution >= 0.6 is 0 Å². The molecule has 0 unspecified atom stereocenters. The molecule has 3 nitrogen and oxygen atoms in total. The summed E-state index contributed by atoms with van der Waals surface area (Å²) in [4.78, 5) is 13.6. The number of anilines is 2. The van der Waals surface area contributed by atoms with Crippen LogP contribution in [0.1, 0.15) is 16.7 Å². The van der Waals surface area contributed by atoms with E-state index in [0.29, 0.717) is 24.2 Å². The third kappa shape index (κ3) is 3.61. The van der Waals surface area contributed by atoms with Gasteiger partial charge in [0, 0.05) is 17.9 Å². The van der Waals surface area contributed by atoms with Crippen LogP contribution in [-0.4, -0.2) is 12.6 Å². The van der Waals surface area contributed by atoms with Gasteiger partial charge in [-0.2, -0.15) is 26.3 Å². The molecule has 0 atom stereocenters. The fraction of sp³-hybridized carbons (Fsp3) is 0.235. The van der Waals surface area contributed by atoms with Gasteiger partial charge in [-0.15, -0.1) is 0 Å². The van der Waals surface area contributed by atoms with Crippen LogP contribution in [0.2, 0.25) is 0 Å². The van der Waals surface area contributed by atoms with E-state index in [-0.39, 0.29) is 12.6 Å². The molecule has 0 fully saturated rings. The van der Waals surface area contributed by atoms with Crippen molar-refractivity contribution in [3.05, 3.63) is 59.2 Å². The van der Waals surface area contributed by atoms with Gasteiger partial charge in [-0.05, 0) is 36.2 Å². The molecule has 0 aliphatic carbocycles. The van der Waals surface area contributed by atoms with Crippen LogP contribution in [0.25, 0.3) is 0 Å². The number of hydrogen-bond acceptors (Lipinski definition) is 1. The average molecular weight is 374 g/mol. The average Bonchev–Trinajstić information content (AvgIpc) is 2.97. The molecule has 0 saturated heterocycles. The Bertz CT molecular complexity index is 812. The van der Waals surface area contributed by atoms with Gasteiger partial charge in [0.15, 0.2) is 0 Å². The second-order valence-electron chi connectivity index (χ2n) is 5.76. The molecule has 1 aliphatic heterocycles. The van der Waals surface area contributed by atoms with E-state index in [4.69, 9.17) is 0 Å². The highest BCUT2D eigenvalue weighted by molar-refractivity contribution is 6.03. The molecule has 1 heterocycles. The number of fused-ring (bicyclic) bond motifs is 1. The summed E-state index contributed by atoms with van der Waals surface area (Å²) in [7, 11) is 0. The first-order valence-corrected chi connectivity index (χ1v) is 7.51. The van der Waals surface area contributed by atoms with E-state index >= 15 is 0 Å². The topological polar surface area (TPSA) is 32.3 Å². The number of urea groups is 1. The molecule has 3 rings (SSSR count). The number of nitrogens with zero attached hydrogens (tertiary/aromatic N) is 1. The number of halogens is 6. The monoisotopic (exact) mass is 374 g/mol. The molecule has 0 bridgehead atoms. The lowest BCUT2D eigenvalue weighted by Gasteiger charge is -2.19. The maximum atomic E-state index is 12.9. The summed E-state index contributed by atoms with van der Waals surface area (Å²) < 4.78 is 77.3. The molecule has 2 aromatic carbocycles. The first-order chi connectivity index (χ1) is 12.1. The van der Waals surface area contributed by atoms with E-state index in [9.17, 15) is 31.1 Å². The maximum absolute atomic E-state index is 12.9. The van der Waals surface area contributed by atoms with Gasteiger partial charge in [0.2, 0.25) is 0 Å². The summed E-state index contributed by atoms with van der Waals surface area (Å²) in [5, 5.41) is 2.14. The van der Waals surface area contributed by atoms with E-state index in [1.807, 2.05) is 0 Å². The summed E-state index contributed by atoms with van der Waals surface area (Å²) in [6, 6.07) is 7.12. The summed E-state index contributed by atoms with van der Waals surface area (Å²) in [5.74, 6) is 0. The zero-order valence-corrected chi connectivity index (χ0v) is 13.1. The molecular weight excluding hydrogens is 362 g/mol. The minimum absolute atomic E-state index is 0.0147. The Labute approximate surface area is 144 Å². The number of carbonyl (C=O) groups excluding carboxylic acids is 1. The van der Waals surface area contributed by atoms with Gasteiger partial charge in [0.05, 0.1) is 11.1 Å². The van der Waals surface area contributed by atoms with Crippen molar-refractivity contribution in [3.8, 4) is 0 Å². The van der Waals surface area contributed by atoms with Gasteiger partial charge in [0.1, 0.15) is 0 Å². The van der Waals surface area contributed by atoms with Crippen LogP contribution in [0.4, 0.5) is 42.5 Å². The number of rotatable bonds is 1. The molecule has 2 aromatic rings. The van der Waals surface area contributed by atoms with Crippen molar-refractivity contribution >= 4 is 17.4 Å². The van der Waals surface area contributed by atoms with Crippen LogP contribution in [0.3, 0.4) is 0 Å². The fourth-order valence-electron chi connectivity index (χ4n) is 2.77. The second-order valence-corrected chi connectivity index (χ2v) is 5.76. The Balaban J connectivity index is 1.91. The van der Waals surface area contributed by atoms with E-state index in [0.717, 1.165) is 5.56 Å². The van der Waals surface area contributed by atoms with Gasteiger partial charge in [-0.25, -0.2) is 4.79 Å². The van der Waals surface area contributed by atoms with Gasteiger partial charge < -0.3 is 5.32 Å². The van der Waals surface area contributed by atoms with Crippen LogP contribution in [0, 0.1) is 0 Å². The third-order valence-electron chi connectivity index (χ3n) is 3.97. The molecule has 0 radical (unpaired) electrons. The van der Waals surface area contributed by atoms with Crippen molar-refractivity contribution in [3.63, 3.8) is 0 Å². The number of nitrogens with one attached hydrogen (secondary N) is 1. The minimum atomic E-state index is -4.97. The number of hydrogen-bond donors (Lipinski definition) is 1. The van der Waals surface area contributed by atoms with E-state index < -0.39 is 35.2 Å². The van der Waals surface area contributed by atoms with Crippen molar-refractivity contribution in [1.29, 1.82) is 0 Å². The molecule has 26 heavy (non-hydrogen) atoms. The first kappa shape index (κ1) is 18.1. The Hall–Kier alpha value is -2.71. The van der Waals surface area contributed by atoms with Crippen LogP contribution < -0.4 is 10.2 Å². The Kier molecular flexibility index (Phi) is 4.33. The Morgan fingerprint density at radius 2 is 1.50 bits per heavy atom. The molecule has 0 spiro atoms. The van der Waals surface area contributed by atoms with Gasteiger partial charge >= 0.3 is 18.4 Å². The van der Waals surface area contributed by atoms with Crippen LogP contribution in [0.5, 0.6) is 0 Å². The van der Waals surface area contributed by atoms with Crippen molar-refractivity contribution in [2.45, 2.75) is 18.8 Å². The number of para-hydroxylation sites is 1. The standard InChI is InChI=1S/C17H12F6N2O/c18-16(19,20)11-7-12(17(21,22)23)9-13(8-11)24-15(26)25-6-5-10-3-1-2-4-14(10)25/h1-4,7-9H,5-6H2,(H,24,26). The smallest absolute Gasteiger partial charge is 0.308 e. The first-order valence-electron chi connectivity index (χ1n) is 7.51. The maximum Gasteiger partial charge on any atom is 0.416 e. The predicted molar refractivity (Wildman–Crippen MR) is 83.0 cm³/mol. The fourth-order valence-corrected chi connectivity index (χ4v) is 2.77. The molecule has 9 heteroatoms. The highest BCUT2D eigenvalue weighted by atomic mass is 19.4. The summed E-state index contributed by atoms with van der Waals surface area (Å²) >= 11 is 0. The van der Waals surface area contributed by atoms with E-state index in [1.54, 1.807) is 24.3 Å². The number of alkyl halides is 6. The summed E-state index contributed by atoms with van der Waals surface area (Å²) in [6.07, 6.45) is -9.39. The van der Waals surface area contributed by atoms with Crippen molar-refractivity contribution in [2.75, 3.05) is 16.8 Å². The molecule has 138 valence electrons. The lowest BCUT2D eigenvalue weighted by molar-refractivity contribution is -0.143. The van der Waals surface area contributed by atoms with Gasteiger partial charge in [-0.3, -0.25) is 4.90 Å². The van der Waals surface area contributed by atoms with Crippen LogP contribution in [0.15, 0.2) is 42.5 Å². The second kappa shape index (κ2) is 6.22. The molecule has 0 aromatic heterocycles. The molecule has 2 amide bonds.